The molecule has 0 amide bonds. The molecule has 6 heteroatoms. The topological polar surface area (TPSA) is 71.1 Å². The molecule has 0 fully saturated rings. The van der Waals surface area contributed by atoms with Crippen LogP contribution in [-0.4, -0.2) is 31.8 Å². The fourth-order valence-electron chi connectivity index (χ4n) is 3.43. The molecule has 0 aromatic heterocycles. The second-order valence-electron chi connectivity index (χ2n) is 9.74. The van der Waals surface area contributed by atoms with E-state index >= 15 is 0 Å². The molecule has 0 saturated carbocycles. The van der Waals surface area contributed by atoms with Crippen molar-refractivity contribution in [2.75, 3.05) is 19.8 Å². The first-order valence-corrected chi connectivity index (χ1v) is 13.3. The van der Waals surface area contributed by atoms with Crippen molar-refractivity contribution in [3.8, 4) is 28.4 Å². The molecule has 3 aromatic rings. The highest BCUT2D eigenvalue weighted by molar-refractivity contribution is 5.91. The van der Waals surface area contributed by atoms with Crippen LogP contribution in [0, 0.1) is 5.41 Å². The van der Waals surface area contributed by atoms with Gasteiger partial charge >= 0.3 is 11.9 Å². The third-order valence-electron chi connectivity index (χ3n) is 6.29. The van der Waals surface area contributed by atoms with Crippen molar-refractivity contribution in [1.82, 2.24) is 0 Å². The number of carbonyl (C=O) groups is 2. The lowest BCUT2D eigenvalue weighted by molar-refractivity contribution is -0.154. The highest BCUT2D eigenvalue weighted by Gasteiger charge is 2.26. The molecule has 0 radical (unpaired) electrons. The van der Waals surface area contributed by atoms with Gasteiger partial charge in [0.25, 0.3) is 0 Å². The zero-order valence-corrected chi connectivity index (χ0v) is 22.8. The van der Waals surface area contributed by atoms with Crippen molar-refractivity contribution >= 4 is 11.9 Å². The Balaban J connectivity index is 1.41. The van der Waals surface area contributed by atoms with Crippen LogP contribution in [0.4, 0.5) is 0 Å². The third-order valence-corrected chi connectivity index (χ3v) is 6.29. The van der Waals surface area contributed by atoms with Gasteiger partial charge in [-0.1, -0.05) is 38.1 Å². The highest BCUT2D eigenvalue weighted by atomic mass is 16.5. The highest BCUT2D eigenvalue weighted by Crippen LogP contribution is 2.25. The second kappa shape index (κ2) is 14.2. The summed E-state index contributed by atoms with van der Waals surface area (Å²) in [5.41, 5.74) is 2.08. The SMILES string of the molecule is CCCOc1ccc(-c2ccc(OC(=O)c3ccc(OCCCCOC(=O)C(C)(C)CC)cc3)cc2)cc1. The maximum atomic E-state index is 12.6. The molecule has 0 aliphatic carbocycles. The Kier molecular flexibility index (Phi) is 10.8. The molecule has 0 atom stereocenters. The van der Waals surface area contributed by atoms with Gasteiger partial charge in [0, 0.05) is 0 Å². The van der Waals surface area contributed by atoms with Crippen LogP contribution in [0.1, 0.15) is 63.7 Å². The Bertz CT molecular complexity index is 1150. The van der Waals surface area contributed by atoms with Gasteiger partial charge < -0.3 is 18.9 Å². The molecule has 0 aliphatic heterocycles. The molecule has 0 N–H and O–H groups in total. The quantitative estimate of drug-likeness (QED) is 0.125. The van der Waals surface area contributed by atoms with Gasteiger partial charge in [-0.15, -0.1) is 0 Å². The van der Waals surface area contributed by atoms with Gasteiger partial charge in [0.05, 0.1) is 30.8 Å². The Morgan fingerprint density at radius 1 is 0.658 bits per heavy atom. The Hall–Kier alpha value is -3.80. The summed E-state index contributed by atoms with van der Waals surface area (Å²) in [7, 11) is 0. The average molecular weight is 519 g/mol. The summed E-state index contributed by atoms with van der Waals surface area (Å²) in [6, 6.07) is 22.2. The third kappa shape index (κ3) is 8.65. The van der Waals surface area contributed by atoms with Gasteiger partial charge in [-0.25, -0.2) is 4.79 Å². The minimum atomic E-state index is -0.445. The molecule has 0 heterocycles. The number of hydrogen-bond donors (Lipinski definition) is 0. The smallest absolute Gasteiger partial charge is 0.343 e. The normalized spacial score (nSPS) is 11.1. The van der Waals surface area contributed by atoms with E-state index in [0.717, 1.165) is 42.6 Å². The molecule has 0 unspecified atom stereocenters. The van der Waals surface area contributed by atoms with Crippen molar-refractivity contribution in [3.05, 3.63) is 78.4 Å². The minimum absolute atomic E-state index is 0.165. The number of carbonyl (C=O) groups excluding carboxylic acids is 2. The number of hydrogen-bond acceptors (Lipinski definition) is 6. The van der Waals surface area contributed by atoms with Crippen LogP contribution in [-0.2, 0) is 9.53 Å². The maximum absolute atomic E-state index is 12.6. The molecule has 38 heavy (non-hydrogen) atoms. The fourth-order valence-corrected chi connectivity index (χ4v) is 3.43. The van der Waals surface area contributed by atoms with Gasteiger partial charge in [0.1, 0.15) is 17.2 Å². The van der Waals surface area contributed by atoms with Crippen LogP contribution in [0.2, 0.25) is 0 Å². The van der Waals surface area contributed by atoms with Crippen LogP contribution in [0.25, 0.3) is 11.1 Å². The lowest BCUT2D eigenvalue weighted by Crippen LogP contribution is -2.26. The molecular formula is C32H38O6. The van der Waals surface area contributed by atoms with E-state index in [-0.39, 0.29) is 5.97 Å². The Morgan fingerprint density at radius 3 is 1.71 bits per heavy atom. The summed E-state index contributed by atoms with van der Waals surface area (Å²) in [5.74, 6) is 1.40. The van der Waals surface area contributed by atoms with Crippen LogP contribution in [0.15, 0.2) is 72.8 Å². The standard InChI is InChI=1S/C32H38O6/c1-5-21-35-27-15-9-24(10-16-27)25-11-19-29(20-12-25)38-30(33)26-13-17-28(18-14-26)36-22-7-8-23-37-31(34)32(3,4)6-2/h9-20H,5-8,21-23H2,1-4H3. The van der Waals surface area contributed by atoms with Gasteiger partial charge in [-0.3, -0.25) is 4.79 Å². The van der Waals surface area contributed by atoms with E-state index in [1.54, 1.807) is 36.4 Å². The van der Waals surface area contributed by atoms with Crippen LogP contribution in [0.5, 0.6) is 17.2 Å². The van der Waals surface area contributed by atoms with E-state index in [4.69, 9.17) is 18.9 Å². The van der Waals surface area contributed by atoms with Crippen LogP contribution >= 0.6 is 0 Å². The number of esters is 2. The predicted molar refractivity (Wildman–Crippen MR) is 149 cm³/mol. The maximum Gasteiger partial charge on any atom is 0.343 e. The Morgan fingerprint density at radius 2 is 1.16 bits per heavy atom. The van der Waals surface area contributed by atoms with Gasteiger partial charge in [-0.05, 0) is 99.2 Å². The van der Waals surface area contributed by atoms with Crippen molar-refractivity contribution in [1.29, 1.82) is 0 Å². The lowest BCUT2D eigenvalue weighted by Gasteiger charge is -2.20. The van der Waals surface area contributed by atoms with E-state index in [0.29, 0.717) is 36.9 Å². The Labute approximate surface area is 225 Å². The summed E-state index contributed by atoms with van der Waals surface area (Å²) in [4.78, 5) is 24.5. The minimum Gasteiger partial charge on any atom is -0.494 e. The first-order chi connectivity index (χ1) is 18.3. The molecule has 3 rings (SSSR count). The van der Waals surface area contributed by atoms with Crippen molar-refractivity contribution < 1.29 is 28.5 Å². The number of benzene rings is 3. The van der Waals surface area contributed by atoms with E-state index in [1.165, 1.54) is 0 Å². The van der Waals surface area contributed by atoms with Crippen molar-refractivity contribution in [3.63, 3.8) is 0 Å². The summed E-state index contributed by atoms with van der Waals surface area (Å²) >= 11 is 0. The molecule has 3 aromatic carbocycles. The van der Waals surface area contributed by atoms with Crippen molar-refractivity contribution in [2.45, 2.75) is 53.4 Å². The van der Waals surface area contributed by atoms with E-state index < -0.39 is 11.4 Å². The average Bonchev–Trinajstić information content (AvgIpc) is 2.94. The number of unbranched alkanes of at least 4 members (excludes halogenated alkanes) is 1. The fraction of sp³-hybridized carbons (Fsp3) is 0.375. The summed E-state index contributed by atoms with van der Waals surface area (Å²) in [6.07, 6.45) is 3.21. The monoisotopic (exact) mass is 518 g/mol. The molecule has 0 aliphatic rings. The van der Waals surface area contributed by atoms with Crippen LogP contribution < -0.4 is 14.2 Å². The summed E-state index contributed by atoms with van der Waals surface area (Å²) in [5, 5.41) is 0. The zero-order chi connectivity index (χ0) is 27.4. The van der Waals surface area contributed by atoms with Gasteiger partial charge in [-0.2, -0.15) is 0 Å². The predicted octanol–water partition coefficient (Wildman–Crippen LogP) is 7.50. The van der Waals surface area contributed by atoms with Gasteiger partial charge in [0.15, 0.2) is 0 Å². The summed E-state index contributed by atoms with van der Waals surface area (Å²) in [6.45, 7) is 9.42. The van der Waals surface area contributed by atoms with Crippen molar-refractivity contribution in [2.24, 2.45) is 5.41 Å². The molecular weight excluding hydrogens is 480 g/mol. The van der Waals surface area contributed by atoms with E-state index in [2.05, 4.69) is 6.92 Å². The first kappa shape index (κ1) is 28.8. The molecule has 0 bridgehead atoms. The molecule has 6 nitrogen and oxygen atoms in total. The van der Waals surface area contributed by atoms with E-state index in [9.17, 15) is 9.59 Å². The lowest BCUT2D eigenvalue weighted by atomic mass is 9.91. The molecule has 0 spiro atoms. The van der Waals surface area contributed by atoms with E-state index in [1.807, 2.05) is 57.2 Å². The zero-order valence-electron chi connectivity index (χ0n) is 22.8. The van der Waals surface area contributed by atoms with Crippen LogP contribution in [0.3, 0.4) is 0 Å². The van der Waals surface area contributed by atoms with Gasteiger partial charge in [0.2, 0.25) is 0 Å². The first-order valence-electron chi connectivity index (χ1n) is 13.3. The molecule has 0 saturated heterocycles. The number of ether oxygens (including phenoxy) is 4. The summed E-state index contributed by atoms with van der Waals surface area (Å²) < 4.78 is 22.2. The number of rotatable bonds is 14. The second-order valence-corrected chi connectivity index (χ2v) is 9.74. The molecule has 202 valence electrons. The largest absolute Gasteiger partial charge is 0.494 e.